The molecule has 7 nitrogen and oxygen atoms in total. The van der Waals surface area contributed by atoms with Gasteiger partial charge in [-0.05, 0) is 12.8 Å². The van der Waals surface area contributed by atoms with Gasteiger partial charge < -0.3 is 21.2 Å². The van der Waals surface area contributed by atoms with E-state index in [1.54, 1.807) is 5.38 Å². The van der Waals surface area contributed by atoms with Crippen LogP contribution in [0, 0.1) is 5.41 Å². The van der Waals surface area contributed by atoms with E-state index in [1.807, 2.05) is 0 Å². The van der Waals surface area contributed by atoms with Crippen LogP contribution < -0.4 is 15.9 Å². The number of aromatic nitrogens is 1. The van der Waals surface area contributed by atoms with Gasteiger partial charge in [0.1, 0.15) is 5.41 Å². The lowest BCUT2D eigenvalue weighted by atomic mass is 9.67. The number of carbonyl (C=O) groups excluding carboxylic acids is 1. The van der Waals surface area contributed by atoms with Gasteiger partial charge >= 0.3 is 4.87 Å². The normalized spacial score (nSPS) is 18.1. The van der Waals surface area contributed by atoms with Crippen molar-refractivity contribution in [1.82, 2.24) is 10.3 Å². The molecule has 0 aromatic carbocycles. The Labute approximate surface area is 107 Å². The highest BCUT2D eigenvalue weighted by molar-refractivity contribution is 7.07. The molecule has 1 saturated carbocycles. The summed E-state index contributed by atoms with van der Waals surface area (Å²) in [7, 11) is 0. The molecule has 5 N–H and O–H groups in total. The number of H-pyrrole nitrogens is 1. The number of carbonyl (C=O) groups is 1. The maximum Gasteiger partial charge on any atom is 0.304 e. The SMILES string of the molecule is NC(=NO)C1(C(=O)NCc2csc(=O)[nH]2)CCC1. The zero-order valence-electron chi connectivity index (χ0n) is 9.60. The van der Waals surface area contributed by atoms with Crippen molar-refractivity contribution < 1.29 is 10.0 Å². The van der Waals surface area contributed by atoms with E-state index >= 15 is 0 Å². The summed E-state index contributed by atoms with van der Waals surface area (Å²) in [4.78, 5) is 25.4. The maximum atomic E-state index is 12.1. The summed E-state index contributed by atoms with van der Waals surface area (Å²) in [6, 6.07) is 0. The summed E-state index contributed by atoms with van der Waals surface area (Å²) in [5.74, 6) is -0.318. The minimum absolute atomic E-state index is 0.0509. The molecule has 1 heterocycles. The molecule has 0 radical (unpaired) electrons. The summed E-state index contributed by atoms with van der Waals surface area (Å²) < 4.78 is 0. The number of nitrogens with zero attached hydrogens (tertiary/aromatic N) is 1. The van der Waals surface area contributed by atoms with Gasteiger partial charge in [0.15, 0.2) is 5.84 Å². The fourth-order valence-electron chi connectivity index (χ4n) is 1.97. The minimum atomic E-state index is -0.884. The van der Waals surface area contributed by atoms with Crippen LogP contribution in [0.3, 0.4) is 0 Å². The van der Waals surface area contributed by atoms with Crippen LogP contribution in [-0.4, -0.2) is 21.9 Å². The third-order valence-electron chi connectivity index (χ3n) is 3.25. The molecule has 0 atom stereocenters. The fourth-order valence-corrected chi connectivity index (χ4v) is 2.55. The van der Waals surface area contributed by atoms with Crippen LogP contribution in [0.5, 0.6) is 0 Å². The van der Waals surface area contributed by atoms with Gasteiger partial charge in [-0.1, -0.05) is 22.9 Å². The van der Waals surface area contributed by atoms with E-state index in [4.69, 9.17) is 10.9 Å². The van der Waals surface area contributed by atoms with E-state index in [0.717, 1.165) is 17.8 Å². The zero-order chi connectivity index (χ0) is 13.2. The third kappa shape index (κ3) is 2.10. The van der Waals surface area contributed by atoms with Gasteiger partial charge in [0.05, 0.1) is 6.54 Å². The van der Waals surface area contributed by atoms with Crippen LogP contribution >= 0.6 is 11.3 Å². The topological polar surface area (TPSA) is 121 Å². The van der Waals surface area contributed by atoms with Crippen LogP contribution in [0.4, 0.5) is 0 Å². The Morgan fingerprint density at radius 3 is 2.83 bits per heavy atom. The number of oxime groups is 1. The first-order valence-electron chi connectivity index (χ1n) is 5.51. The monoisotopic (exact) mass is 270 g/mol. The van der Waals surface area contributed by atoms with E-state index in [-0.39, 0.29) is 23.2 Å². The number of thiazole rings is 1. The standard InChI is InChI=1S/C10H14N4O3S/c11-7(14-17)10(2-1-3-10)8(15)12-4-6-5-18-9(16)13-6/h5,17H,1-4H2,(H2,11,14)(H,12,15)(H,13,16). The average Bonchev–Trinajstić information content (AvgIpc) is 2.70. The lowest BCUT2D eigenvalue weighted by Gasteiger charge is -2.38. The first-order valence-corrected chi connectivity index (χ1v) is 6.39. The molecule has 1 aromatic rings. The van der Waals surface area contributed by atoms with Crippen LogP contribution in [0.25, 0.3) is 0 Å². The summed E-state index contributed by atoms with van der Waals surface area (Å²) in [6.45, 7) is 0.234. The quantitative estimate of drug-likeness (QED) is 0.266. The highest BCUT2D eigenvalue weighted by Crippen LogP contribution is 2.41. The molecule has 1 aliphatic rings. The molecule has 1 fully saturated rings. The predicted octanol–water partition coefficient (Wildman–Crippen LogP) is -0.0307. The molecule has 1 aliphatic carbocycles. The molecule has 0 bridgehead atoms. The van der Waals surface area contributed by atoms with E-state index in [2.05, 4.69) is 15.5 Å². The zero-order valence-corrected chi connectivity index (χ0v) is 10.4. The molecular formula is C10H14N4O3S. The van der Waals surface area contributed by atoms with E-state index < -0.39 is 5.41 Å². The molecule has 1 aromatic heterocycles. The Bertz CT molecular complexity index is 529. The molecule has 0 saturated heterocycles. The van der Waals surface area contributed by atoms with Crippen LogP contribution in [0.2, 0.25) is 0 Å². The van der Waals surface area contributed by atoms with Crippen molar-refractivity contribution in [2.75, 3.05) is 0 Å². The highest BCUT2D eigenvalue weighted by Gasteiger charge is 2.48. The summed E-state index contributed by atoms with van der Waals surface area (Å²) in [5.41, 5.74) is 5.33. The maximum absolute atomic E-state index is 12.1. The van der Waals surface area contributed by atoms with Crippen molar-refractivity contribution in [3.63, 3.8) is 0 Å². The van der Waals surface area contributed by atoms with Gasteiger partial charge in [-0.3, -0.25) is 9.59 Å². The van der Waals surface area contributed by atoms with Gasteiger partial charge in [0, 0.05) is 11.1 Å². The van der Waals surface area contributed by atoms with Gasteiger partial charge in [-0.25, -0.2) is 0 Å². The van der Waals surface area contributed by atoms with Crippen LogP contribution in [-0.2, 0) is 11.3 Å². The Kier molecular flexibility index (Phi) is 3.37. The average molecular weight is 270 g/mol. The lowest BCUT2D eigenvalue weighted by Crippen LogP contribution is -2.53. The second-order valence-corrected chi connectivity index (χ2v) is 5.12. The molecule has 98 valence electrons. The lowest BCUT2D eigenvalue weighted by molar-refractivity contribution is -0.131. The van der Waals surface area contributed by atoms with E-state index in [0.29, 0.717) is 18.5 Å². The van der Waals surface area contributed by atoms with Crippen molar-refractivity contribution in [2.24, 2.45) is 16.3 Å². The molecule has 8 heteroatoms. The Morgan fingerprint density at radius 1 is 1.67 bits per heavy atom. The summed E-state index contributed by atoms with van der Waals surface area (Å²) in [5, 5.41) is 16.0. The van der Waals surface area contributed by atoms with Crippen LogP contribution in [0.15, 0.2) is 15.3 Å². The van der Waals surface area contributed by atoms with Crippen LogP contribution in [0.1, 0.15) is 25.0 Å². The molecule has 0 spiro atoms. The number of nitrogens with one attached hydrogen (secondary N) is 2. The number of amides is 1. The second-order valence-electron chi connectivity index (χ2n) is 4.28. The minimum Gasteiger partial charge on any atom is -0.409 e. The number of aromatic amines is 1. The second kappa shape index (κ2) is 4.81. The first kappa shape index (κ1) is 12.6. The van der Waals surface area contributed by atoms with Gasteiger partial charge in [-0.2, -0.15) is 0 Å². The predicted molar refractivity (Wildman–Crippen MR) is 66.5 cm³/mol. The third-order valence-corrected chi connectivity index (χ3v) is 3.97. The van der Waals surface area contributed by atoms with Crippen molar-refractivity contribution >= 4 is 23.1 Å². The fraction of sp³-hybridized carbons (Fsp3) is 0.500. The van der Waals surface area contributed by atoms with Crippen molar-refractivity contribution in [2.45, 2.75) is 25.8 Å². The molecular weight excluding hydrogens is 256 g/mol. The smallest absolute Gasteiger partial charge is 0.304 e. The van der Waals surface area contributed by atoms with Crippen molar-refractivity contribution in [1.29, 1.82) is 0 Å². The molecule has 2 rings (SSSR count). The Morgan fingerprint density at radius 2 is 2.39 bits per heavy atom. The summed E-state index contributed by atoms with van der Waals surface area (Å²) in [6.07, 6.45) is 2.03. The first-order chi connectivity index (χ1) is 8.58. The number of hydrogen-bond donors (Lipinski definition) is 4. The Hall–Kier alpha value is -1.83. The molecule has 1 amide bonds. The highest BCUT2D eigenvalue weighted by atomic mass is 32.1. The van der Waals surface area contributed by atoms with E-state index in [1.165, 1.54) is 0 Å². The molecule has 18 heavy (non-hydrogen) atoms. The van der Waals surface area contributed by atoms with E-state index in [9.17, 15) is 9.59 Å². The Balaban J connectivity index is 2.01. The number of amidine groups is 1. The molecule has 0 unspecified atom stereocenters. The number of hydrogen-bond acceptors (Lipinski definition) is 5. The number of nitrogens with two attached hydrogens (primary N) is 1. The number of rotatable bonds is 4. The van der Waals surface area contributed by atoms with Gasteiger partial charge in [-0.15, -0.1) is 0 Å². The van der Waals surface area contributed by atoms with Crippen molar-refractivity contribution in [3.05, 3.63) is 20.7 Å². The molecule has 0 aliphatic heterocycles. The van der Waals surface area contributed by atoms with Gasteiger partial charge in [0.25, 0.3) is 0 Å². The van der Waals surface area contributed by atoms with Gasteiger partial charge in [0.2, 0.25) is 5.91 Å². The largest absolute Gasteiger partial charge is 0.409 e. The summed E-state index contributed by atoms with van der Waals surface area (Å²) >= 11 is 1.04. The van der Waals surface area contributed by atoms with Crippen molar-refractivity contribution in [3.8, 4) is 0 Å².